The number of nitrogens with zero attached hydrogens (tertiary/aromatic N) is 3. The van der Waals surface area contributed by atoms with E-state index >= 15 is 0 Å². The number of piperidine rings is 1. The Morgan fingerprint density at radius 2 is 1.89 bits per heavy atom. The van der Waals surface area contributed by atoms with Crippen molar-refractivity contribution in [2.24, 2.45) is 5.92 Å². The number of anilines is 1. The summed E-state index contributed by atoms with van der Waals surface area (Å²) < 4.78 is 2.28. The Morgan fingerprint density at radius 1 is 1.14 bits per heavy atom. The van der Waals surface area contributed by atoms with E-state index in [-0.39, 0.29) is 17.9 Å². The predicted octanol–water partition coefficient (Wildman–Crippen LogP) is 3.83. The number of fused-ring (bicyclic) bond motifs is 1. The van der Waals surface area contributed by atoms with Crippen LogP contribution in [-0.2, 0) is 11.3 Å². The molecule has 5 heteroatoms. The van der Waals surface area contributed by atoms with E-state index in [0.29, 0.717) is 0 Å². The number of carbonyl (C=O) groups is 1. The van der Waals surface area contributed by atoms with Gasteiger partial charge in [0.1, 0.15) is 5.82 Å². The number of pyridine rings is 1. The Labute approximate surface area is 166 Å². The van der Waals surface area contributed by atoms with Crippen LogP contribution in [0.15, 0.2) is 54.9 Å². The maximum atomic E-state index is 12.3. The van der Waals surface area contributed by atoms with Crippen molar-refractivity contribution >= 4 is 22.6 Å². The summed E-state index contributed by atoms with van der Waals surface area (Å²) in [5.41, 5.74) is 2.49. The first-order chi connectivity index (χ1) is 13.6. The molecule has 0 unspecified atom stereocenters. The van der Waals surface area contributed by atoms with Crippen molar-refractivity contribution in [1.29, 1.82) is 0 Å². The molecule has 1 aliphatic rings. The maximum Gasteiger partial charge on any atom is 0.223 e. The summed E-state index contributed by atoms with van der Waals surface area (Å²) in [6.07, 6.45) is 5.80. The molecule has 28 heavy (non-hydrogen) atoms. The van der Waals surface area contributed by atoms with Gasteiger partial charge in [-0.15, -0.1) is 0 Å². The molecular formula is C23H28N4O. The summed E-state index contributed by atoms with van der Waals surface area (Å²) >= 11 is 0. The van der Waals surface area contributed by atoms with Crippen molar-refractivity contribution in [1.82, 2.24) is 14.9 Å². The normalized spacial score (nSPS) is 15.3. The molecule has 1 amide bonds. The fourth-order valence-corrected chi connectivity index (χ4v) is 4.03. The summed E-state index contributed by atoms with van der Waals surface area (Å²) in [7, 11) is 0. The second-order valence-electron chi connectivity index (χ2n) is 7.92. The van der Waals surface area contributed by atoms with Gasteiger partial charge < -0.3 is 14.8 Å². The molecule has 5 nitrogen and oxygen atoms in total. The molecule has 0 aliphatic carbocycles. The van der Waals surface area contributed by atoms with Crippen molar-refractivity contribution in [2.75, 3.05) is 18.0 Å². The molecule has 0 atom stereocenters. The smallest absolute Gasteiger partial charge is 0.223 e. The molecule has 0 saturated carbocycles. The number of hydrogen-bond donors (Lipinski definition) is 1. The van der Waals surface area contributed by atoms with E-state index in [2.05, 4.69) is 62.4 Å². The lowest BCUT2D eigenvalue weighted by molar-refractivity contribution is -0.126. The van der Waals surface area contributed by atoms with Crippen LogP contribution in [-0.4, -0.2) is 34.6 Å². The first-order valence-electron chi connectivity index (χ1n) is 10.1. The molecule has 1 aromatic carbocycles. The Kier molecular flexibility index (Phi) is 5.33. The highest BCUT2D eigenvalue weighted by Crippen LogP contribution is 2.29. The molecule has 2 aromatic heterocycles. The standard InChI is InChI=1S/C23H28N4O/c1-17(2)25-23(28)19-9-13-26(14-10-19)22-20-11-15-27(21(20)8-12-24-22)16-18-6-4-3-5-7-18/h3-8,11-12,15,17,19H,9-10,13-14,16H2,1-2H3,(H,25,28). The number of aromatic nitrogens is 2. The van der Waals surface area contributed by atoms with Crippen LogP contribution in [0.5, 0.6) is 0 Å². The molecule has 3 heterocycles. The van der Waals surface area contributed by atoms with Crippen molar-refractivity contribution in [3.63, 3.8) is 0 Å². The van der Waals surface area contributed by atoms with Gasteiger partial charge in [0.15, 0.2) is 0 Å². The minimum Gasteiger partial charge on any atom is -0.356 e. The van der Waals surface area contributed by atoms with Gasteiger partial charge in [0.2, 0.25) is 5.91 Å². The molecule has 146 valence electrons. The first kappa shape index (κ1) is 18.5. The zero-order valence-electron chi connectivity index (χ0n) is 16.6. The van der Waals surface area contributed by atoms with Gasteiger partial charge in [-0.3, -0.25) is 4.79 Å². The number of hydrogen-bond acceptors (Lipinski definition) is 3. The highest BCUT2D eigenvalue weighted by Gasteiger charge is 2.26. The average Bonchev–Trinajstić information content (AvgIpc) is 3.11. The van der Waals surface area contributed by atoms with Gasteiger partial charge in [-0.2, -0.15) is 0 Å². The van der Waals surface area contributed by atoms with E-state index in [4.69, 9.17) is 0 Å². The quantitative estimate of drug-likeness (QED) is 0.736. The zero-order valence-corrected chi connectivity index (χ0v) is 16.6. The van der Waals surface area contributed by atoms with E-state index in [1.807, 2.05) is 26.1 Å². The van der Waals surface area contributed by atoms with Crippen LogP contribution in [0.4, 0.5) is 5.82 Å². The van der Waals surface area contributed by atoms with Crippen molar-refractivity contribution in [2.45, 2.75) is 39.3 Å². The Bertz CT molecular complexity index is 940. The Morgan fingerprint density at radius 3 is 2.61 bits per heavy atom. The van der Waals surface area contributed by atoms with Gasteiger partial charge in [0.25, 0.3) is 0 Å². The van der Waals surface area contributed by atoms with Gasteiger partial charge in [-0.05, 0) is 44.4 Å². The third kappa shape index (κ3) is 3.88. The molecule has 1 N–H and O–H groups in total. The average molecular weight is 377 g/mol. The predicted molar refractivity (Wildman–Crippen MR) is 113 cm³/mol. The summed E-state index contributed by atoms with van der Waals surface area (Å²) in [6.45, 7) is 6.61. The van der Waals surface area contributed by atoms with Crippen LogP contribution >= 0.6 is 0 Å². The number of carbonyl (C=O) groups excluding carboxylic acids is 1. The monoisotopic (exact) mass is 376 g/mol. The molecule has 1 aliphatic heterocycles. The van der Waals surface area contributed by atoms with E-state index in [0.717, 1.165) is 38.3 Å². The summed E-state index contributed by atoms with van der Waals surface area (Å²) in [4.78, 5) is 19.3. The lowest BCUT2D eigenvalue weighted by atomic mass is 9.95. The second kappa shape index (κ2) is 8.05. The Balaban J connectivity index is 1.50. The van der Waals surface area contributed by atoms with Crippen LogP contribution in [0, 0.1) is 5.92 Å². The van der Waals surface area contributed by atoms with Crippen molar-refractivity contribution in [3.8, 4) is 0 Å². The lowest BCUT2D eigenvalue weighted by Crippen LogP contribution is -2.42. The van der Waals surface area contributed by atoms with Gasteiger partial charge in [-0.1, -0.05) is 30.3 Å². The van der Waals surface area contributed by atoms with Crippen molar-refractivity contribution in [3.05, 3.63) is 60.4 Å². The van der Waals surface area contributed by atoms with Crippen LogP contribution in [0.25, 0.3) is 10.9 Å². The highest BCUT2D eigenvalue weighted by atomic mass is 16.1. The summed E-state index contributed by atoms with van der Waals surface area (Å²) in [6, 6.07) is 15.0. The van der Waals surface area contributed by atoms with Gasteiger partial charge >= 0.3 is 0 Å². The van der Waals surface area contributed by atoms with E-state index in [9.17, 15) is 4.79 Å². The molecule has 3 aromatic rings. The van der Waals surface area contributed by atoms with E-state index < -0.39 is 0 Å². The minimum atomic E-state index is 0.112. The zero-order chi connectivity index (χ0) is 19.5. The van der Waals surface area contributed by atoms with E-state index in [1.54, 1.807) is 0 Å². The summed E-state index contributed by atoms with van der Waals surface area (Å²) in [5, 5.41) is 4.23. The number of rotatable bonds is 5. The van der Waals surface area contributed by atoms with Gasteiger partial charge in [0.05, 0.1) is 5.52 Å². The molecule has 1 fully saturated rings. The fourth-order valence-electron chi connectivity index (χ4n) is 4.03. The molecule has 4 rings (SSSR count). The maximum absolute atomic E-state index is 12.3. The topological polar surface area (TPSA) is 50.2 Å². The molecule has 0 bridgehead atoms. The largest absolute Gasteiger partial charge is 0.356 e. The molecular weight excluding hydrogens is 348 g/mol. The highest BCUT2D eigenvalue weighted by molar-refractivity contribution is 5.91. The van der Waals surface area contributed by atoms with Crippen LogP contribution in [0.3, 0.4) is 0 Å². The van der Waals surface area contributed by atoms with Crippen molar-refractivity contribution < 1.29 is 4.79 Å². The Hall–Kier alpha value is -2.82. The van der Waals surface area contributed by atoms with Crippen LogP contribution < -0.4 is 10.2 Å². The molecule has 0 spiro atoms. The van der Waals surface area contributed by atoms with Crippen LogP contribution in [0.2, 0.25) is 0 Å². The fraction of sp³-hybridized carbons (Fsp3) is 0.391. The number of nitrogens with one attached hydrogen (secondary N) is 1. The summed E-state index contributed by atoms with van der Waals surface area (Å²) in [5.74, 6) is 1.34. The number of amides is 1. The minimum absolute atomic E-state index is 0.112. The second-order valence-corrected chi connectivity index (χ2v) is 7.92. The lowest BCUT2D eigenvalue weighted by Gasteiger charge is -2.32. The van der Waals surface area contributed by atoms with Gasteiger partial charge in [0, 0.05) is 49.4 Å². The third-order valence-corrected chi connectivity index (χ3v) is 5.47. The van der Waals surface area contributed by atoms with E-state index in [1.165, 1.54) is 16.5 Å². The van der Waals surface area contributed by atoms with Gasteiger partial charge in [-0.25, -0.2) is 4.98 Å². The molecule has 0 radical (unpaired) electrons. The molecule has 1 saturated heterocycles. The van der Waals surface area contributed by atoms with Crippen LogP contribution in [0.1, 0.15) is 32.3 Å². The number of benzene rings is 1. The first-order valence-corrected chi connectivity index (χ1v) is 10.1. The third-order valence-electron chi connectivity index (χ3n) is 5.47. The SMILES string of the molecule is CC(C)NC(=O)C1CCN(c2nccc3c2ccn3Cc2ccccc2)CC1.